The fourth-order valence-corrected chi connectivity index (χ4v) is 0.877. The monoisotopic (exact) mass is 201 g/mol. The van der Waals surface area contributed by atoms with Crippen LogP contribution >= 0.6 is 0 Å². The summed E-state index contributed by atoms with van der Waals surface area (Å²) in [5, 5.41) is 12.0. The molecule has 0 unspecified atom stereocenters. The summed E-state index contributed by atoms with van der Waals surface area (Å²) in [4.78, 5) is 10.1. The molecule has 78 valence electrons. The number of methoxy groups -OCH3 is 1. The van der Waals surface area contributed by atoms with Gasteiger partial charge in [-0.05, 0) is 0 Å². The van der Waals surface area contributed by atoms with Crippen molar-refractivity contribution < 1.29 is 23.9 Å². The maximum atomic E-state index is 10.1. The molecule has 6 nitrogen and oxygen atoms in total. The average Bonchev–Trinajstić information content (AvgIpc) is 2.53. The van der Waals surface area contributed by atoms with E-state index >= 15 is 0 Å². The molecule has 0 fully saturated rings. The van der Waals surface area contributed by atoms with Gasteiger partial charge in [-0.3, -0.25) is 0 Å². The zero-order valence-electron chi connectivity index (χ0n) is 7.73. The van der Waals surface area contributed by atoms with Crippen molar-refractivity contribution in [2.75, 3.05) is 13.7 Å². The van der Waals surface area contributed by atoms with Gasteiger partial charge in [0.15, 0.2) is 5.76 Å². The highest BCUT2D eigenvalue weighted by molar-refractivity contribution is 5.67. The second-order valence-corrected chi connectivity index (χ2v) is 2.60. The maximum absolute atomic E-state index is 10.1. The molecule has 0 atom stereocenters. The Morgan fingerprint density at radius 3 is 3.07 bits per heavy atom. The number of carboxylic acid groups (broad SMARTS) is 1. The van der Waals surface area contributed by atoms with Gasteiger partial charge in [0.1, 0.15) is 18.9 Å². The molecule has 0 saturated heterocycles. The Balaban J connectivity index is 2.32. The number of nitrogens with zero attached hydrogens (tertiary/aromatic N) is 1. The van der Waals surface area contributed by atoms with Gasteiger partial charge >= 0.3 is 5.97 Å². The van der Waals surface area contributed by atoms with E-state index < -0.39 is 5.97 Å². The van der Waals surface area contributed by atoms with Crippen LogP contribution in [-0.4, -0.2) is 29.9 Å². The van der Waals surface area contributed by atoms with Gasteiger partial charge in [0, 0.05) is 13.2 Å². The zero-order valence-corrected chi connectivity index (χ0v) is 7.73. The first-order chi connectivity index (χ1) is 6.72. The molecule has 6 heteroatoms. The lowest BCUT2D eigenvalue weighted by Gasteiger charge is -1.94. The van der Waals surface area contributed by atoms with Crippen LogP contribution in [0.4, 0.5) is 0 Å². The largest absolute Gasteiger partial charge is 0.480 e. The smallest absolute Gasteiger partial charge is 0.329 e. The normalized spacial score (nSPS) is 10.4. The predicted molar refractivity (Wildman–Crippen MR) is 44.5 cm³/mol. The van der Waals surface area contributed by atoms with Gasteiger partial charge in [0.05, 0.1) is 6.61 Å². The Morgan fingerprint density at radius 2 is 2.43 bits per heavy atom. The first-order valence-corrected chi connectivity index (χ1v) is 3.95. The SMILES string of the molecule is COCc1cc(COCC(=O)O)no1. The van der Waals surface area contributed by atoms with Crippen LogP contribution in [-0.2, 0) is 27.5 Å². The lowest BCUT2D eigenvalue weighted by atomic mass is 10.4. The van der Waals surface area contributed by atoms with Crippen LogP contribution in [0.2, 0.25) is 0 Å². The van der Waals surface area contributed by atoms with Gasteiger partial charge in [0.25, 0.3) is 0 Å². The summed E-state index contributed by atoms with van der Waals surface area (Å²) in [6.45, 7) is 0.123. The van der Waals surface area contributed by atoms with Crippen molar-refractivity contribution in [1.29, 1.82) is 0 Å². The lowest BCUT2D eigenvalue weighted by Crippen LogP contribution is -2.06. The van der Waals surface area contributed by atoms with Crippen LogP contribution in [0.1, 0.15) is 11.5 Å². The summed E-state index contributed by atoms with van der Waals surface area (Å²) in [6, 6.07) is 1.66. The molecule has 1 aromatic heterocycles. The fourth-order valence-electron chi connectivity index (χ4n) is 0.877. The second-order valence-electron chi connectivity index (χ2n) is 2.60. The molecule has 1 N–H and O–H groups in total. The Hall–Kier alpha value is -1.40. The van der Waals surface area contributed by atoms with Crippen molar-refractivity contribution in [2.24, 2.45) is 0 Å². The molecule has 14 heavy (non-hydrogen) atoms. The van der Waals surface area contributed by atoms with E-state index in [9.17, 15) is 4.79 Å². The molecule has 0 radical (unpaired) electrons. The van der Waals surface area contributed by atoms with Crippen molar-refractivity contribution in [3.63, 3.8) is 0 Å². The molecule has 1 aromatic rings. The summed E-state index contributed by atoms with van der Waals surface area (Å²) in [7, 11) is 1.54. The third-order valence-corrected chi connectivity index (χ3v) is 1.37. The Morgan fingerprint density at radius 1 is 1.64 bits per heavy atom. The van der Waals surface area contributed by atoms with Gasteiger partial charge in [-0.2, -0.15) is 0 Å². The van der Waals surface area contributed by atoms with E-state index in [-0.39, 0.29) is 13.2 Å². The molecule has 0 aromatic carbocycles. The number of ether oxygens (including phenoxy) is 2. The molecular formula is C8H11NO5. The molecule has 0 aliphatic carbocycles. The van der Waals surface area contributed by atoms with E-state index in [0.29, 0.717) is 18.1 Å². The zero-order chi connectivity index (χ0) is 10.4. The van der Waals surface area contributed by atoms with Gasteiger partial charge < -0.3 is 19.1 Å². The van der Waals surface area contributed by atoms with E-state index in [1.54, 1.807) is 13.2 Å². The molecule has 1 heterocycles. The number of aromatic nitrogens is 1. The number of carbonyl (C=O) groups is 1. The highest BCUT2D eigenvalue weighted by Crippen LogP contribution is 2.05. The van der Waals surface area contributed by atoms with Crippen LogP contribution in [0.15, 0.2) is 10.6 Å². The van der Waals surface area contributed by atoms with E-state index in [0.717, 1.165) is 0 Å². The second kappa shape index (κ2) is 5.36. The number of hydrogen-bond donors (Lipinski definition) is 1. The molecule has 0 amide bonds. The number of rotatable bonds is 6. The van der Waals surface area contributed by atoms with Gasteiger partial charge in [-0.1, -0.05) is 5.16 Å². The third-order valence-electron chi connectivity index (χ3n) is 1.37. The van der Waals surface area contributed by atoms with E-state index in [1.807, 2.05) is 0 Å². The highest BCUT2D eigenvalue weighted by atomic mass is 16.5. The standard InChI is InChI=1S/C8H11NO5/c1-12-4-7-2-6(9-14-7)3-13-5-8(10)11/h2H,3-5H2,1H3,(H,10,11). The van der Waals surface area contributed by atoms with Gasteiger partial charge in [0.2, 0.25) is 0 Å². The molecule has 0 spiro atoms. The first kappa shape index (κ1) is 10.7. The van der Waals surface area contributed by atoms with Crippen LogP contribution in [0.3, 0.4) is 0 Å². The minimum Gasteiger partial charge on any atom is -0.480 e. The van der Waals surface area contributed by atoms with Crippen molar-refractivity contribution in [1.82, 2.24) is 5.16 Å². The molecule has 0 aliphatic heterocycles. The molecular weight excluding hydrogens is 190 g/mol. The van der Waals surface area contributed by atoms with Crippen LogP contribution < -0.4 is 0 Å². The van der Waals surface area contributed by atoms with Crippen LogP contribution in [0, 0.1) is 0 Å². The summed E-state index contributed by atoms with van der Waals surface area (Å²) in [5.41, 5.74) is 0.554. The highest BCUT2D eigenvalue weighted by Gasteiger charge is 2.04. The average molecular weight is 201 g/mol. The Kier molecular flexibility index (Phi) is 4.09. The van der Waals surface area contributed by atoms with E-state index in [2.05, 4.69) is 5.16 Å². The van der Waals surface area contributed by atoms with Crippen LogP contribution in [0.5, 0.6) is 0 Å². The molecule has 0 bridgehead atoms. The minimum absolute atomic E-state index is 0.125. The summed E-state index contributed by atoms with van der Waals surface area (Å²) < 4.78 is 14.5. The number of carboxylic acids is 1. The van der Waals surface area contributed by atoms with Crippen molar-refractivity contribution in [3.05, 3.63) is 17.5 Å². The summed E-state index contributed by atoms with van der Waals surface area (Å²) in [5.74, 6) is -0.424. The molecule has 0 aliphatic rings. The maximum Gasteiger partial charge on any atom is 0.329 e. The van der Waals surface area contributed by atoms with Crippen LogP contribution in [0.25, 0.3) is 0 Å². The topological polar surface area (TPSA) is 81.8 Å². The fraction of sp³-hybridized carbons (Fsp3) is 0.500. The number of hydrogen-bond acceptors (Lipinski definition) is 5. The lowest BCUT2D eigenvalue weighted by molar-refractivity contribution is -0.142. The van der Waals surface area contributed by atoms with Crippen molar-refractivity contribution in [2.45, 2.75) is 13.2 Å². The van der Waals surface area contributed by atoms with Crippen molar-refractivity contribution >= 4 is 5.97 Å². The number of aliphatic carboxylic acids is 1. The summed E-state index contributed by atoms with van der Waals surface area (Å²) in [6.07, 6.45) is 0. The van der Waals surface area contributed by atoms with Crippen molar-refractivity contribution in [3.8, 4) is 0 Å². The van der Waals surface area contributed by atoms with Gasteiger partial charge in [-0.15, -0.1) is 0 Å². The quantitative estimate of drug-likeness (QED) is 0.718. The Bertz CT molecular complexity index is 296. The molecule has 0 saturated carbocycles. The first-order valence-electron chi connectivity index (χ1n) is 3.95. The summed E-state index contributed by atoms with van der Waals surface area (Å²) >= 11 is 0. The minimum atomic E-state index is -1.01. The van der Waals surface area contributed by atoms with E-state index in [4.69, 9.17) is 19.1 Å². The van der Waals surface area contributed by atoms with E-state index in [1.165, 1.54) is 0 Å². The Labute approximate surface area is 80.4 Å². The third kappa shape index (κ3) is 3.55. The van der Waals surface area contributed by atoms with Gasteiger partial charge in [-0.25, -0.2) is 4.79 Å². The predicted octanol–water partition coefficient (Wildman–Crippen LogP) is 0.422. The molecule has 1 rings (SSSR count).